The lowest BCUT2D eigenvalue weighted by atomic mass is 10.1. The number of anilines is 1. The highest BCUT2D eigenvalue weighted by Crippen LogP contribution is 2.24. The van der Waals surface area contributed by atoms with Gasteiger partial charge in [-0.2, -0.15) is 0 Å². The van der Waals surface area contributed by atoms with Gasteiger partial charge in [0.25, 0.3) is 0 Å². The molecule has 0 aliphatic rings. The molecular formula is C13H16BrNO3. The second-order valence-corrected chi connectivity index (χ2v) is 4.91. The van der Waals surface area contributed by atoms with E-state index in [1.807, 2.05) is 13.8 Å². The van der Waals surface area contributed by atoms with Crippen molar-refractivity contribution in [2.45, 2.75) is 20.8 Å². The Labute approximate surface area is 115 Å². The second kappa shape index (κ2) is 6.54. The average Bonchev–Trinajstić information content (AvgIpc) is 2.31. The Kier molecular flexibility index (Phi) is 5.34. The SMILES string of the molecule is CCOC(=O)c1ccc(NC(=O)C(C)C)c(Br)c1. The lowest BCUT2D eigenvalue weighted by Crippen LogP contribution is -2.18. The minimum Gasteiger partial charge on any atom is -0.462 e. The van der Waals surface area contributed by atoms with E-state index in [0.29, 0.717) is 22.3 Å². The van der Waals surface area contributed by atoms with Crippen molar-refractivity contribution in [2.75, 3.05) is 11.9 Å². The van der Waals surface area contributed by atoms with Crippen molar-refractivity contribution in [1.82, 2.24) is 0 Å². The van der Waals surface area contributed by atoms with Crippen LogP contribution < -0.4 is 5.32 Å². The fourth-order valence-electron chi connectivity index (χ4n) is 1.23. The van der Waals surface area contributed by atoms with Gasteiger partial charge in [-0.05, 0) is 41.1 Å². The van der Waals surface area contributed by atoms with E-state index in [2.05, 4.69) is 21.2 Å². The van der Waals surface area contributed by atoms with Gasteiger partial charge in [-0.1, -0.05) is 13.8 Å². The number of nitrogens with one attached hydrogen (secondary N) is 1. The standard InChI is InChI=1S/C13H16BrNO3/c1-4-18-13(17)9-5-6-11(10(14)7-9)15-12(16)8(2)3/h5-8H,4H2,1-3H3,(H,15,16). The molecule has 0 spiro atoms. The van der Waals surface area contributed by atoms with Gasteiger partial charge >= 0.3 is 5.97 Å². The number of hydrogen-bond acceptors (Lipinski definition) is 3. The van der Waals surface area contributed by atoms with Crippen LogP contribution in [0.3, 0.4) is 0 Å². The van der Waals surface area contributed by atoms with Crippen LogP contribution in [0.4, 0.5) is 5.69 Å². The van der Waals surface area contributed by atoms with Gasteiger partial charge < -0.3 is 10.1 Å². The van der Waals surface area contributed by atoms with Gasteiger partial charge in [0, 0.05) is 10.4 Å². The third kappa shape index (κ3) is 3.84. The van der Waals surface area contributed by atoms with Gasteiger partial charge in [0.1, 0.15) is 0 Å². The number of rotatable bonds is 4. The number of esters is 1. The van der Waals surface area contributed by atoms with Gasteiger partial charge in [-0.3, -0.25) is 4.79 Å². The van der Waals surface area contributed by atoms with Crippen LogP contribution in [0.15, 0.2) is 22.7 Å². The molecular weight excluding hydrogens is 298 g/mol. The lowest BCUT2D eigenvalue weighted by molar-refractivity contribution is -0.118. The monoisotopic (exact) mass is 313 g/mol. The molecule has 1 amide bonds. The fraction of sp³-hybridized carbons (Fsp3) is 0.385. The van der Waals surface area contributed by atoms with Crippen molar-refractivity contribution < 1.29 is 14.3 Å². The number of amides is 1. The van der Waals surface area contributed by atoms with Crippen molar-refractivity contribution in [3.05, 3.63) is 28.2 Å². The predicted octanol–water partition coefficient (Wildman–Crippen LogP) is 3.22. The number of carbonyl (C=O) groups is 2. The Balaban J connectivity index is 2.86. The smallest absolute Gasteiger partial charge is 0.338 e. The summed E-state index contributed by atoms with van der Waals surface area (Å²) in [5.74, 6) is -0.541. The number of hydrogen-bond donors (Lipinski definition) is 1. The van der Waals surface area contributed by atoms with E-state index in [1.54, 1.807) is 25.1 Å². The molecule has 0 heterocycles. The molecule has 0 radical (unpaired) electrons. The molecule has 0 atom stereocenters. The Hall–Kier alpha value is -1.36. The molecule has 0 saturated heterocycles. The zero-order valence-electron chi connectivity index (χ0n) is 10.6. The minimum absolute atomic E-state index is 0.0698. The molecule has 18 heavy (non-hydrogen) atoms. The number of halogens is 1. The molecule has 1 N–H and O–H groups in total. The fourth-order valence-corrected chi connectivity index (χ4v) is 1.71. The maximum absolute atomic E-state index is 11.6. The molecule has 5 heteroatoms. The number of carbonyl (C=O) groups excluding carboxylic acids is 2. The molecule has 0 aromatic heterocycles. The molecule has 0 aliphatic heterocycles. The third-order valence-electron chi connectivity index (χ3n) is 2.26. The van der Waals surface area contributed by atoms with Gasteiger partial charge in [-0.25, -0.2) is 4.79 Å². The normalized spacial score (nSPS) is 10.3. The molecule has 0 fully saturated rings. The van der Waals surface area contributed by atoms with E-state index in [9.17, 15) is 9.59 Å². The van der Waals surface area contributed by atoms with Crippen LogP contribution in [0, 0.1) is 5.92 Å². The first kappa shape index (κ1) is 14.7. The Morgan fingerprint density at radius 1 is 1.39 bits per heavy atom. The van der Waals surface area contributed by atoms with E-state index in [-0.39, 0.29) is 17.8 Å². The predicted molar refractivity (Wildman–Crippen MR) is 73.6 cm³/mol. The van der Waals surface area contributed by atoms with Gasteiger partial charge in [0.05, 0.1) is 17.9 Å². The first-order chi connectivity index (χ1) is 8.45. The number of ether oxygens (including phenoxy) is 1. The second-order valence-electron chi connectivity index (χ2n) is 4.06. The number of benzene rings is 1. The summed E-state index contributed by atoms with van der Waals surface area (Å²) in [5, 5.41) is 2.77. The van der Waals surface area contributed by atoms with Crippen LogP contribution in [-0.4, -0.2) is 18.5 Å². The third-order valence-corrected chi connectivity index (χ3v) is 2.92. The summed E-state index contributed by atoms with van der Waals surface area (Å²) in [6.45, 7) is 5.72. The Morgan fingerprint density at radius 3 is 2.56 bits per heavy atom. The highest BCUT2D eigenvalue weighted by Gasteiger charge is 2.12. The molecule has 0 unspecified atom stereocenters. The van der Waals surface area contributed by atoms with E-state index in [1.165, 1.54) is 0 Å². The van der Waals surface area contributed by atoms with E-state index < -0.39 is 0 Å². The summed E-state index contributed by atoms with van der Waals surface area (Å²) in [5.41, 5.74) is 1.09. The first-order valence-electron chi connectivity index (χ1n) is 5.73. The zero-order chi connectivity index (χ0) is 13.7. The van der Waals surface area contributed by atoms with E-state index >= 15 is 0 Å². The summed E-state index contributed by atoms with van der Waals surface area (Å²) in [6.07, 6.45) is 0. The highest BCUT2D eigenvalue weighted by molar-refractivity contribution is 9.10. The van der Waals surface area contributed by atoms with Crippen LogP contribution >= 0.6 is 15.9 Å². The van der Waals surface area contributed by atoms with Crippen molar-refractivity contribution in [2.24, 2.45) is 5.92 Å². The first-order valence-corrected chi connectivity index (χ1v) is 6.52. The van der Waals surface area contributed by atoms with Gasteiger partial charge in [0.2, 0.25) is 5.91 Å². The molecule has 1 aromatic carbocycles. The Morgan fingerprint density at radius 2 is 2.06 bits per heavy atom. The van der Waals surface area contributed by atoms with Crippen LogP contribution in [0.1, 0.15) is 31.1 Å². The topological polar surface area (TPSA) is 55.4 Å². The molecule has 1 aromatic rings. The zero-order valence-corrected chi connectivity index (χ0v) is 12.2. The minimum atomic E-state index is -0.375. The Bertz CT molecular complexity index is 458. The van der Waals surface area contributed by atoms with Crippen molar-refractivity contribution in [3.63, 3.8) is 0 Å². The largest absolute Gasteiger partial charge is 0.462 e. The molecule has 1 rings (SSSR count). The lowest BCUT2D eigenvalue weighted by Gasteiger charge is -2.10. The maximum atomic E-state index is 11.6. The van der Waals surface area contributed by atoms with Crippen LogP contribution in [0.5, 0.6) is 0 Å². The van der Waals surface area contributed by atoms with Crippen LogP contribution in [0.25, 0.3) is 0 Å². The molecule has 0 bridgehead atoms. The summed E-state index contributed by atoms with van der Waals surface area (Å²) < 4.78 is 5.55. The molecule has 4 nitrogen and oxygen atoms in total. The summed E-state index contributed by atoms with van der Waals surface area (Å²) in [4.78, 5) is 23.1. The highest BCUT2D eigenvalue weighted by atomic mass is 79.9. The van der Waals surface area contributed by atoms with E-state index in [0.717, 1.165) is 0 Å². The average molecular weight is 314 g/mol. The van der Waals surface area contributed by atoms with Crippen LogP contribution in [0.2, 0.25) is 0 Å². The van der Waals surface area contributed by atoms with Gasteiger partial charge in [0.15, 0.2) is 0 Å². The summed E-state index contributed by atoms with van der Waals surface area (Å²) >= 11 is 3.32. The molecule has 0 saturated carbocycles. The van der Waals surface area contributed by atoms with Crippen molar-refractivity contribution in [3.8, 4) is 0 Å². The van der Waals surface area contributed by atoms with E-state index in [4.69, 9.17) is 4.74 Å². The van der Waals surface area contributed by atoms with Crippen molar-refractivity contribution >= 4 is 33.5 Å². The van der Waals surface area contributed by atoms with Crippen molar-refractivity contribution in [1.29, 1.82) is 0 Å². The van der Waals surface area contributed by atoms with Crippen LogP contribution in [-0.2, 0) is 9.53 Å². The molecule has 0 aliphatic carbocycles. The maximum Gasteiger partial charge on any atom is 0.338 e. The summed E-state index contributed by atoms with van der Waals surface area (Å²) in [7, 11) is 0. The quantitative estimate of drug-likeness (QED) is 0.868. The molecule has 98 valence electrons. The van der Waals surface area contributed by atoms with Gasteiger partial charge in [-0.15, -0.1) is 0 Å². The summed E-state index contributed by atoms with van der Waals surface area (Å²) in [6, 6.07) is 4.93.